The molecule has 1 aliphatic carbocycles. The number of rotatable bonds is 8. The summed E-state index contributed by atoms with van der Waals surface area (Å²) in [6.07, 6.45) is 2.13. The van der Waals surface area contributed by atoms with Crippen LogP contribution >= 0.6 is 11.3 Å². The van der Waals surface area contributed by atoms with Crippen LogP contribution in [0.2, 0.25) is 0 Å². The minimum atomic E-state index is -0.667. The summed E-state index contributed by atoms with van der Waals surface area (Å²) < 4.78 is 5.24. The lowest BCUT2D eigenvalue weighted by molar-refractivity contribution is -0.125. The van der Waals surface area contributed by atoms with Crippen LogP contribution in [0, 0.1) is 5.92 Å². The van der Waals surface area contributed by atoms with Gasteiger partial charge in [0.25, 0.3) is 11.8 Å². The molecule has 4 rings (SSSR count). The van der Waals surface area contributed by atoms with E-state index in [0.717, 1.165) is 18.4 Å². The Morgan fingerprint density at radius 2 is 1.71 bits per heavy atom. The number of hydrogen-bond acceptors (Lipinski definition) is 5. The van der Waals surface area contributed by atoms with Gasteiger partial charge in [0, 0.05) is 0 Å². The highest BCUT2D eigenvalue weighted by atomic mass is 32.1. The number of amides is 2. The Kier molecular flexibility index (Phi) is 6.43. The van der Waals surface area contributed by atoms with Gasteiger partial charge in [-0.1, -0.05) is 48.5 Å². The van der Waals surface area contributed by atoms with Crippen molar-refractivity contribution >= 4 is 34.8 Å². The Morgan fingerprint density at radius 1 is 0.968 bits per heavy atom. The van der Waals surface area contributed by atoms with Gasteiger partial charge < -0.3 is 15.4 Å². The van der Waals surface area contributed by atoms with Crippen molar-refractivity contribution in [1.82, 2.24) is 5.32 Å². The van der Waals surface area contributed by atoms with Gasteiger partial charge in [0.05, 0.1) is 22.2 Å². The number of benzene rings is 2. The molecule has 0 radical (unpaired) electrons. The minimum Gasteiger partial charge on any atom is -0.452 e. The number of carbonyl (C=O) groups excluding carboxylic acids is 3. The van der Waals surface area contributed by atoms with Crippen molar-refractivity contribution in [3.63, 3.8) is 0 Å². The largest absolute Gasteiger partial charge is 0.452 e. The van der Waals surface area contributed by atoms with Crippen molar-refractivity contribution in [2.75, 3.05) is 11.9 Å². The number of carbonyl (C=O) groups is 3. The third-order valence-electron chi connectivity index (χ3n) is 5.04. The molecule has 3 aromatic rings. The summed E-state index contributed by atoms with van der Waals surface area (Å²) in [5.41, 5.74) is 1.58. The van der Waals surface area contributed by atoms with Gasteiger partial charge in [-0.2, -0.15) is 0 Å². The number of para-hydroxylation sites is 1. The Hall–Kier alpha value is -3.45. The van der Waals surface area contributed by atoms with Gasteiger partial charge in [0.15, 0.2) is 6.61 Å². The quantitative estimate of drug-likeness (QED) is 0.514. The molecule has 0 bridgehead atoms. The average Bonchev–Trinajstić information content (AvgIpc) is 3.48. The topological polar surface area (TPSA) is 84.5 Å². The van der Waals surface area contributed by atoms with Crippen LogP contribution in [0.15, 0.2) is 72.1 Å². The second kappa shape index (κ2) is 9.57. The number of thiophene rings is 1. The first kappa shape index (κ1) is 20.8. The maximum atomic E-state index is 12.6. The lowest BCUT2D eigenvalue weighted by Gasteiger charge is -2.19. The summed E-state index contributed by atoms with van der Waals surface area (Å²) in [7, 11) is 0. The highest BCUT2D eigenvalue weighted by molar-refractivity contribution is 7.12. The summed E-state index contributed by atoms with van der Waals surface area (Å²) in [5.74, 6) is -0.910. The lowest BCUT2D eigenvalue weighted by Crippen LogP contribution is -2.33. The van der Waals surface area contributed by atoms with Crippen LogP contribution in [0.1, 0.15) is 44.5 Å². The molecule has 158 valence electrons. The van der Waals surface area contributed by atoms with Gasteiger partial charge in [-0.15, -0.1) is 11.3 Å². The average molecular weight is 435 g/mol. The minimum absolute atomic E-state index is 0.0789. The zero-order valence-corrected chi connectivity index (χ0v) is 17.6. The van der Waals surface area contributed by atoms with E-state index in [-0.39, 0.29) is 30.0 Å². The number of hydrogen-bond donors (Lipinski definition) is 2. The zero-order chi connectivity index (χ0) is 21.6. The smallest absolute Gasteiger partial charge is 0.340 e. The van der Waals surface area contributed by atoms with E-state index in [1.54, 1.807) is 41.8 Å². The molecule has 1 fully saturated rings. The molecule has 0 aliphatic heterocycles. The van der Waals surface area contributed by atoms with Crippen molar-refractivity contribution in [3.05, 3.63) is 88.1 Å². The zero-order valence-electron chi connectivity index (χ0n) is 16.7. The van der Waals surface area contributed by atoms with E-state index in [1.807, 2.05) is 30.3 Å². The van der Waals surface area contributed by atoms with E-state index >= 15 is 0 Å². The van der Waals surface area contributed by atoms with Crippen molar-refractivity contribution in [2.24, 2.45) is 5.92 Å². The van der Waals surface area contributed by atoms with Gasteiger partial charge in [0.2, 0.25) is 0 Å². The maximum Gasteiger partial charge on any atom is 0.340 e. The lowest BCUT2D eigenvalue weighted by atomic mass is 10.0. The number of esters is 1. The number of nitrogens with one attached hydrogen (secondary N) is 2. The molecular formula is C24H22N2O4S. The Labute approximate surface area is 184 Å². The molecule has 1 atom stereocenters. The highest BCUT2D eigenvalue weighted by Crippen LogP contribution is 2.40. The number of ether oxygens (including phenoxy) is 1. The molecular weight excluding hydrogens is 412 g/mol. The van der Waals surface area contributed by atoms with Crippen molar-refractivity contribution in [2.45, 2.75) is 18.9 Å². The molecule has 2 N–H and O–H groups in total. The molecule has 0 saturated heterocycles. The molecule has 1 aliphatic rings. The second-order valence-electron chi connectivity index (χ2n) is 7.35. The van der Waals surface area contributed by atoms with E-state index in [1.165, 1.54) is 11.3 Å². The molecule has 31 heavy (non-hydrogen) atoms. The standard InChI is InChI=1S/C24H22N2O4S/c27-21(26-22(17-12-13-17)16-7-2-1-3-8-16)15-30-24(29)18-9-4-5-10-19(18)25-23(28)20-11-6-14-31-20/h1-11,14,17,22H,12-13,15H2,(H,25,28)(H,26,27). The molecule has 1 heterocycles. The molecule has 0 spiro atoms. The normalized spacial score (nSPS) is 13.8. The Bertz CT molecular complexity index is 1060. The predicted octanol–water partition coefficient (Wildman–Crippen LogP) is 4.42. The third-order valence-corrected chi connectivity index (χ3v) is 5.91. The molecule has 7 heteroatoms. The summed E-state index contributed by atoms with van der Waals surface area (Å²) in [4.78, 5) is 37.9. The summed E-state index contributed by atoms with van der Waals surface area (Å²) in [6, 6.07) is 19.8. The summed E-state index contributed by atoms with van der Waals surface area (Å²) >= 11 is 1.31. The fraction of sp³-hybridized carbons (Fsp3) is 0.208. The molecule has 2 aromatic carbocycles. The van der Waals surface area contributed by atoms with Gasteiger partial charge in [-0.25, -0.2) is 4.79 Å². The van der Waals surface area contributed by atoms with Gasteiger partial charge in [-0.05, 0) is 47.9 Å². The fourth-order valence-electron chi connectivity index (χ4n) is 3.35. The Balaban J connectivity index is 1.36. The first-order chi connectivity index (χ1) is 15.1. The SMILES string of the molecule is O=C(COC(=O)c1ccccc1NC(=O)c1cccs1)NC(c1ccccc1)C1CC1. The first-order valence-corrected chi connectivity index (χ1v) is 10.9. The van der Waals surface area contributed by atoms with Crippen molar-refractivity contribution in [3.8, 4) is 0 Å². The van der Waals surface area contributed by atoms with Crippen molar-refractivity contribution in [1.29, 1.82) is 0 Å². The highest BCUT2D eigenvalue weighted by Gasteiger charge is 2.33. The molecule has 6 nitrogen and oxygen atoms in total. The molecule has 1 saturated carbocycles. The number of anilines is 1. The van der Waals surface area contributed by atoms with E-state index in [0.29, 0.717) is 16.5 Å². The first-order valence-electron chi connectivity index (χ1n) is 10.1. The maximum absolute atomic E-state index is 12.6. The fourth-order valence-corrected chi connectivity index (χ4v) is 3.97. The molecule has 1 aromatic heterocycles. The summed E-state index contributed by atoms with van der Waals surface area (Å²) in [5, 5.41) is 7.52. The van der Waals surface area contributed by atoms with Crippen LogP contribution in [0.5, 0.6) is 0 Å². The predicted molar refractivity (Wildman–Crippen MR) is 119 cm³/mol. The second-order valence-corrected chi connectivity index (χ2v) is 8.29. The van der Waals surface area contributed by atoms with Gasteiger partial charge in [-0.3, -0.25) is 9.59 Å². The molecule has 1 unspecified atom stereocenters. The Morgan fingerprint density at radius 3 is 2.42 bits per heavy atom. The van der Waals surface area contributed by atoms with Crippen LogP contribution < -0.4 is 10.6 Å². The van der Waals surface area contributed by atoms with Crippen LogP contribution in [0.3, 0.4) is 0 Å². The van der Waals surface area contributed by atoms with E-state index < -0.39 is 5.97 Å². The van der Waals surface area contributed by atoms with Crippen LogP contribution in [0.4, 0.5) is 5.69 Å². The summed E-state index contributed by atoms with van der Waals surface area (Å²) in [6.45, 7) is -0.387. The van der Waals surface area contributed by atoms with E-state index in [2.05, 4.69) is 10.6 Å². The van der Waals surface area contributed by atoms with E-state index in [9.17, 15) is 14.4 Å². The van der Waals surface area contributed by atoms with E-state index in [4.69, 9.17) is 4.74 Å². The van der Waals surface area contributed by atoms with Crippen molar-refractivity contribution < 1.29 is 19.1 Å². The third kappa shape index (κ3) is 5.38. The van der Waals surface area contributed by atoms with Gasteiger partial charge in [0.1, 0.15) is 0 Å². The monoisotopic (exact) mass is 434 g/mol. The van der Waals surface area contributed by atoms with Gasteiger partial charge >= 0.3 is 5.97 Å². The van der Waals surface area contributed by atoms with Crippen LogP contribution in [-0.2, 0) is 9.53 Å². The van der Waals surface area contributed by atoms with Crippen LogP contribution in [0.25, 0.3) is 0 Å². The van der Waals surface area contributed by atoms with Crippen LogP contribution in [-0.4, -0.2) is 24.4 Å². The molecule has 2 amide bonds.